The Morgan fingerprint density at radius 1 is 0.278 bits per heavy atom. The van der Waals surface area contributed by atoms with Crippen LogP contribution in [-0.2, 0) is 14.0 Å². The van der Waals surface area contributed by atoms with Crippen molar-refractivity contribution in [3.63, 3.8) is 0 Å². The molecule has 0 aliphatic rings. The summed E-state index contributed by atoms with van der Waals surface area (Å²) in [6, 6.07) is 55.2. The van der Waals surface area contributed by atoms with Crippen molar-refractivity contribution in [1.82, 2.24) is 0 Å². The van der Waals surface area contributed by atoms with E-state index in [9.17, 15) is 0 Å². The van der Waals surface area contributed by atoms with Gasteiger partial charge >= 0.3 is 7.32 Å². The molecule has 0 spiro atoms. The molecule has 0 saturated carbocycles. The maximum Gasteiger partial charge on any atom is 0.644 e. The highest BCUT2D eigenvalue weighted by Crippen LogP contribution is 2.40. The summed E-state index contributed by atoms with van der Waals surface area (Å²) in [6.07, 6.45) is -2.00. The van der Waals surface area contributed by atoms with E-state index in [1.165, 1.54) is 0 Å². The minimum atomic E-state index is -1.24. The molecule has 13 heteroatoms. The van der Waals surface area contributed by atoms with Crippen LogP contribution >= 0.6 is 69.6 Å². The molecule has 0 aliphatic heterocycles. The molecule has 6 nitrogen and oxygen atoms in total. The van der Waals surface area contributed by atoms with Gasteiger partial charge in [-0.1, -0.05) is 161 Å². The highest BCUT2D eigenvalue weighted by atomic mass is 35.5. The maximum atomic E-state index is 6.79. The molecular weight excluding hydrogens is 1110 g/mol. The molecule has 0 aliphatic carbocycles. The van der Waals surface area contributed by atoms with E-state index in [2.05, 4.69) is 88.7 Å². The van der Waals surface area contributed by atoms with Gasteiger partial charge in [0, 0.05) is 63.9 Å². The van der Waals surface area contributed by atoms with Gasteiger partial charge in [-0.3, -0.25) is 0 Å². The van der Waals surface area contributed by atoms with Crippen molar-refractivity contribution in [2.45, 2.75) is 81.0 Å². The molecule has 79 heavy (non-hydrogen) atoms. The van der Waals surface area contributed by atoms with Crippen molar-refractivity contribution in [1.29, 1.82) is 0 Å². The molecule has 9 aromatic carbocycles. The Balaban J connectivity index is 1.05. The smallest absolute Gasteiger partial charge is 0.365 e. The van der Waals surface area contributed by atoms with Gasteiger partial charge in [0.2, 0.25) is 0 Å². The van der Waals surface area contributed by atoms with Crippen LogP contribution in [0.4, 0.5) is 17.1 Å². The summed E-state index contributed by atoms with van der Waals surface area (Å²) >= 11 is 40.3. The second-order valence-corrected chi connectivity index (χ2v) is 22.6. The van der Waals surface area contributed by atoms with Crippen molar-refractivity contribution in [3.05, 3.63) is 227 Å². The van der Waals surface area contributed by atoms with Crippen LogP contribution in [0.1, 0.15) is 54.2 Å². The van der Waals surface area contributed by atoms with Crippen LogP contribution in [0.3, 0.4) is 0 Å². The second-order valence-electron chi connectivity index (χ2n) is 20.1. The molecule has 0 radical (unpaired) electrons. The zero-order chi connectivity index (χ0) is 56.2. The Morgan fingerprint density at radius 2 is 0.468 bits per heavy atom. The van der Waals surface area contributed by atoms with E-state index in [0.29, 0.717) is 30.1 Å². The number of halogens is 6. The van der Waals surface area contributed by atoms with E-state index in [1.807, 2.05) is 153 Å². The second kappa shape index (κ2) is 25.2. The summed E-state index contributed by atoms with van der Waals surface area (Å²) in [7, 11) is -1.24. The van der Waals surface area contributed by atoms with Crippen molar-refractivity contribution in [2.24, 2.45) is 0 Å². The Bertz CT molecular complexity index is 3340. The first-order valence-electron chi connectivity index (χ1n) is 26.0. The Kier molecular flexibility index (Phi) is 18.5. The molecular formula is C66H60BCl6N3O3. The fraction of sp³-hybridized carbons (Fsp3) is 0.182. The first-order valence-corrected chi connectivity index (χ1v) is 28.3. The molecule has 9 rings (SSSR count). The standard InChI is InChI=1S/C66H60BCl6N3O3/c1-37-10-16-49(31-58(37)68)46-22-25-64(55(28-46)52-19-13-40(4)61(71)34-52)74-43(7)77-67(78-44(8)75-65-26-23-47(50-17-11-38(2)59(69)32-50)29-56(65)53-20-14-41(5)62(72)35-53)79-45(9)76-66-27-24-48(51-18-12-39(3)60(70)33-51)30-57(66)54-21-15-42(6)63(73)36-54/h10-36,43-45,74-76H,1-9H3. The lowest BCUT2D eigenvalue weighted by Crippen LogP contribution is -2.42. The molecule has 0 bridgehead atoms. The quantitative estimate of drug-likeness (QED) is 0.0588. The van der Waals surface area contributed by atoms with Gasteiger partial charge in [-0.2, -0.15) is 0 Å². The van der Waals surface area contributed by atoms with Gasteiger partial charge in [-0.25, -0.2) is 0 Å². The van der Waals surface area contributed by atoms with E-state index in [4.69, 9.17) is 83.6 Å². The van der Waals surface area contributed by atoms with E-state index < -0.39 is 26.0 Å². The van der Waals surface area contributed by atoms with Crippen LogP contribution in [-0.4, -0.2) is 26.0 Å². The highest BCUT2D eigenvalue weighted by Gasteiger charge is 2.31. The normalized spacial score (nSPS) is 12.5. The third-order valence-electron chi connectivity index (χ3n) is 14.0. The molecule has 402 valence electrons. The molecule has 0 aromatic heterocycles. The molecule has 0 saturated heterocycles. The van der Waals surface area contributed by atoms with Gasteiger partial charge in [-0.15, -0.1) is 0 Å². The lowest BCUT2D eigenvalue weighted by atomic mass is 9.96. The van der Waals surface area contributed by atoms with E-state index >= 15 is 0 Å². The largest absolute Gasteiger partial charge is 0.644 e. The maximum absolute atomic E-state index is 6.79. The minimum Gasteiger partial charge on any atom is -0.365 e. The summed E-state index contributed by atoms with van der Waals surface area (Å²) in [5.74, 6) is 0. The van der Waals surface area contributed by atoms with Gasteiger partial charge in [0.05, 0.1) is 0 Å². The highest BCUT2D eigenvalue weighted by molar-refractivity contribution is 6.37. The van der Waals surface area contributed by atoms with Gasteiger partial charge in [0.1, 0.15) is 18.7 Å². The van der Waals surface area contributed by atoms with Gasteiger partial charge in [0.15, 0.2) is 0 Å². The number of anilines is 3. The average Bonchev–Trinajstić information content (AvgIpc) is 3.45. The summed E-state index contributed by atoms with van der Waals surface area (Å²) in [5, 5.41) is 14.9. The van der Waals surface area contributed by atoms with Crippen LogP contribution in [0.5, 0.6) is 0 Å². The summed E-state index contributed by atoms with van der Waals surface area (Å²) in [6.45, 7) is 17.7. The zero-order valence-corrected chi connectivity index (χ0v) is 49.9. The predicted molar refractivity (Wildman–Crippen MR) is 339 cm³/mol. The van der Waals surface area contributed by atoms with Crippen molar-refractivity contribution in [3.8, 4) is 66.8 Å². The molecule has 0 fully saturated rings. The topological polar surface area (TPSA) is 63.8 Å². The van der Waals surface area contributed by atoms with Gasteiger partial charge in [-0.05, 0) is 219 Å². The van der Waals surface area contributed by atoms with Crippen LogP contribution in [0.25, 0.3) is 66.8 Å². The number of aryl methyl sites for hydroxylation is 6. The third kappa shape index (κ3) is 14.0. The van der Waals surface area contributed by atoms with Crippen LogP contribution in [0, 0.1) is 41.5 Å². The van der Waals surface area contributed by atoms with E-state index in [1.54, 1.807) is 0 Å². The van der Waals surface area contributed by atoms with Crippen LogP contribution < -0.4 is 16.0 Å². The van der Waals surface area contributed by atoms with Gasteiger partial charge < -0.3 is 29.9 Å². The molecule has 3 atom stereocenters. The lowest BCUT2D eigenvalue weighted by Gasteiger charge is -2.28. The monoisotopic (exact) mass is 1160 g/mol. The Morgan fingerprint density at radius 3 is 0.696 bits per heavy atom. The fourth-order valence-electron chi connectivity index (χ4n) is 9.22. The lowest BCUT2D eigenvalue weighted by molar-refractivity contribution is 0.0396. The summed E-state index contributed by atoms with van der Waals surface area (Å²) < 4.78 is 20.4. The van der Waals surface area contributed by atoms with Crippen molar-refractivity contribution < 1.29 is 14.0 Å². The number of hydrogen-bond donors (Lipinski definition) is 3. The van der Waals surface area contributed by atoms with Gasteiger partial charge in [0.25, 0.3) is 0 Å². The number of benzene rings is 9. The predicted octanol–water partition coefficient (Wildman–Crippen LogP) is 21.2. The van der Waals surface area contributed by atoms with E-state index in [-0.39, 0.29) is 0 Å². The molecule has 0 heterocycles. The van der Waals surface area contributed by atoms with Crippen LogP contribution in [0.15, 0.2) is 164 Å². The third-order valence-corrected chi connectivity index (χ3v) is 16.5. The van der Waals surface area contributed by atoms with Crippen molar-refractivity contribution in [2.75, 3.05) is 16.0 Å². The number of nitrogens with one attached hydrogen (secondary N) is 3. The van der Waals surface area contributed by atoms with Crippen molar-refractivity contribution >= 4 is 94.0 Å². The fourth-order valence-corrected chi connectivity index (χ4v) is 10.3. The van der Waals surface area contributed by atoms with Crippen LogP contribution in [0.2, 0.25) is 30.1 Å². The first-order chi connectivity index (χ1) is 37.8. The number of rotatable bonds is 18. The summed E-state index contributed by atoms with van der Waals surface area (Å²) in [4.78, 5) is 0. The molecule has 3 unspecified atom stereocenters. The van der Waals surface area contributed by atoms with E-state index in [0.717, 1.165) is 117 Å². The SMILES string of the molecule is Cc1ccc(-c2ccc(NC(C)OB(OC(C)Nc3ccc(-c4ccc(C)c(Cl)c4)cc3-c3ccc(C)c(Cl)c3)OC(C)Nc3ccc(-c4ccc(C)c(Cl)c4)cc3-c3ccc(C)c(Cl)c3)c(-c3ccc(C)c(Cl)c3)c2)cc1Cl. The Hall–Kier alpha value is -5.94. The molecule has 3 N–H and O–H groups in total. The first kappa shape index (κ1) is 57.7. The molecule has 9 aromatic rings. The zero-order valence-electron chi connectivity index (χ0n) is 45.4. The average molecular weight is 1170 g/mol. The Labute approximate surface area is 495 Å². The minimum absolute atomic E-state index is 0.659. The molecule has 0 amide bonds. The summed E-state index contributed by atoms with van der Waals surface area (Å²) in [5.41, 5.74) is 19.8. The number of hydrogen-bond acceptors (Lipinski definition) is 6.